The molecule has 0 atom stereocenters. The molecule has 5 rings (SSSR count). The van der Waals surface area contributed by atoms with Crippen LogP contribution in [0.1, 0.15) is 37.9 Å². The van der Waals surface area contributed by atoms with Crippen molar-refractivity contribution in [2.24, 2.45) is 0 Å². The minimum Gasteiger partial charge on any atom is -0.342 e. The summed E-state index contributed by atoms with van der Waals surface area (Å²) in [5.41, 5.74) is 3.02. The highest BCUT2D eigenvalue weighted by Crippen LogP contribution is 2.25. The third-order valence-corrected chi connectivity index (χ3v) is 5.48. The summed E-state index contributed by atoms with van der Waals surface area (Å²) >= 11 is 6.00. The van der Waals surface area contributed by atoms with Gasteiger partial charge >= 0.3 is 0 Å². The molecule has 0 fully saturated rings. The van der Waals surface area contributed by atoms with Gasteiger partial charge in [0.25, 0.3) is 0 Å². The molecule has 2 aromatic carbocycles. The maximum Gasteiger partial charge on any atom is 0.230 e. The number of pyridine rings is 1. The number of carbonyl (C=O) groups excluding carboxylic acids is 2. The summed E-state index contributed by atoms with van der Waals surface area (Å²) in [4.78, 5) is 37.0. The number of para-hydroxylation sites is 1. The van der Waals surface area contributed by atoms with E-state index in [1.807, 2.05) is 59.3 Å². The van der Waals surface area contributed by atoms with Gasteiger partial charge < -0.3 is 9.55 Å². The van der Waals surface area contributed by atoms with Crippen LogP contribution in [0, 0.1) is 0 Å². The van der Waals surface area contributed by atoms with E-state index in [4.69, 9.17) is 11.6 Å². The van der Waals surface area contributed by atoms with Gasteiger partial charge in [-0.3, -0.25) is 14.6 Å². The van der Waals surface area contributed by atoms with Crippen molar-refractivity contribution in [3.8, 4) is 0 Å². The van der Waals surface area contributed by atoms with E-state index in [2.05, 4.69) is 15.0 Å². The molecule has 0 saturated heterocycles. The Morgan fingerprint density at radius 1 is 0.906 bits per heavy atom. The number of nitrogens with one attached hydrogen (secondary N) is 1. The number of rotatable bonds is 6. The van der Waals surface area contributed by atoms with E-state index in [0.717, 1.165) is 16.5 Å². The molecule has 3 aromatic heterocycles. The fourth-order valence-electron chi connectivity index (χ4n) is 3.66. The largest absolute Gasteiger partial charge is 0.342 e. The first kappa shape index (κ1) is 19.9. The molecule has 0 spiro atoms. The monoisotopic (exact) mass is 440 g/mol. The highest BCUT2D eigenvalue weighted by atomic mass is 35.5. The van der Waals surface area contributed by atoms with Crippen molar-refractivity contribution in [1.82, 2.24) is 19.5 Å². The number of ketones is 2. The van der Waals surface area contributed by atoms with Gasteiger partial charge in [-0.1, -0.05) is 48.0 Å². The van der Waals surface area contributed by atoms with Gasteiger partial charge in [0.05, 0.1) is 11.8 Å². The molecule has 5 aromatic rings. The summed E-state index contributed by atoms with van der Waals surface area (Å²) in [7, 11) is 0. The molecular weight excluding hydrogens is 424 g/mol. The molecule has 32 heavy (non-hydrogen) atoms. The number of aromatic nitrogens is 4. The molecular formula is C25H17ClN4O2. The van der Waals surface area contributed by atoms with E-state index < -0.39 is 0 Å². The Labute approximate surface area is 188 Å². The Kier molecular flexibility index (Phi) is 5.13. The maximum absolute atomic E-state index is 13.3. The van der Waals surface area contributed by atoms with Crippen LogP contribution in [-0.4, -0.2) is 31.1 Å². The van der Waals surface area contributed by atoms with Gasteiger partial charge in [0.1, 0.15) is 11.4 Å². The van der Waals surface area contributed by atoms with Crippen LogP contribution in [0.25, 0.3) is 10.9 Å². The van der Waals surface area contributed by atoms with Gasteiger partial charge in [-0.25, -0.2) is 4.98 Å². The van der Waals surface area contributed by atoms with Crippen molar-refractivity contribution in [3.05, 3.63) is 119 Å². The molecule has 0 radical (unpaired) electrons. The third-order valence-electron chi connectivity index (χ3n) is 5.23. The first-order valence-corrected chi connectivity index (χ1v) is 10.4. The van der Waals surface area contributed by atoms with Crippen LogP contribution in [0.4, 0.5) is 0 Å². The Morgan fingerprint density at radius 2 is 1.69 bits per heavy atom. The smallest absolute Gasteiger partial charge is 0.230 e. The average Bonchev–Trinajstić information content (AvgIpc) is 3.46. The van der Waals surface area contributed by atoms with Crippen molar-refractivity contribution < 1.29 is 9.59 Å². The molecule has 1 N–H and O–H groups in total. The summed E-state index contributed by atoms with van der Waals surface area (Å²) in [6.45, 7) is 0.590. The predicted molar refractivity (Wildman–Crippen MR) is 122 cm³/mol. The molecule has 0 amide bonds. The number of fused-ring (bicyclic) bond motifs is 1. The quantitative estimate of drug-likeness (QED) is 0.380. The van der Waals surface area contributed by atoms with Crippen molar-refractivity contribution in [2.75, 3.05) is 0 Å². The number of halogens is 1. The Bertz CT molecular complexity index is 1440. The molecule has 7 heteroatoms. The third kappa shape index (κ3) is 3.72. The van der Waals surface area contributed by atoms with Gasteiger partial charge in [-0.05, 0) is 35.9 Å². The number of H-pyrrole nitrogens is 1. The lowest BCUT2D eigenvalue weighted by Crippen LogP contribution is -2.07. The zero-order chi connectivity index (χ0) is 22.1. The number of carbonyl (C=O) groups is 2. The van der Waals surface area contributed by atoms with Crippen molar-refractivity contribution in [1.29, 1.82) is 0 Å². The van der Waals surface area contributed by atoms with Gasteiger partial charge in [0, 0.05) is 34.9 Å². The fraction of sp³-hybridized carbons (Fsp3) is 0.0400. The minimum absolute atomic E-state index is 0.110. The summed E-state index contributed by atoms with van der Waals surface area (Å²) in [5, 5.41) is 1.50. The predicted octanol–water partition coefficient (Wildman–Crippen LogP) is 4.92. The SMILES string of the molecule is O=C(c1ccccn1)c1cnc(C(=O)c2cn(Cc3ccc(Cl)cc3)c3ccccc23)[nH]1. The molecule has 0 unspecified atom stereocenters. The van der Waals surface area contributed by atoms with E-state index in [-0.39, 0.29) is 28.8 Å². The number of hydrogen-bond acceptors (Lipinski definition) is 4. The van der Waals surface area contributed by atoms with Crippen LogP contribution in [0.2, 0.25) is 5.02 Å². The van der Waals surface area contributed by atoms with Crippen LogP contribution in [0.15, 0.2) is 85.3 Å². The zero-order valence-electron chi connectivity index (χ0n) is 16.8. The van der Waals surface area contributed by atoms with E-state index in [1.165, 1.54) is 6.20 Å². The normalized spacial score (nSPS) is 11.0. The van der Waals surface area contributed by atoms with Crippen LogP contribution in [0.5, 0.6) is 0 Å². The number of hydrogen-bond donors (Lipinski definition) is 1. The average molecular weight is 441 g/mol. The second kappa shape index (κ2) is 8.24. The van der Waals surface area contributed by atoms with Crippen LogP contribution >= 0.6 is 11.6 Å². The molecule has 0 aliphatic rings. The first-order valence-electron chi connectivity index (χ1n) is 9.98. The molecule has 6 nitrogen and oxygen atoms in total. The number of aromatic amines is 1. The van der Waals surface area contributed by atoms with E-state index >= 15 is 0 Å². The second-order valence-corrected chi connectivity index (χ2v) is 7.77. The zero-order valence-corrected chi connectivity index (χ0v) is 17.6. The lowest BCUT2D eigenvalue weighted by Gasteiger charge is -2.05. The molecule has 0 saturated carbocycles. The van der Waals surface area contributed by atoms with Crippen molar-refractivity contribution >= 4 is 34.1 Å². The van der Waals surface area contributed by atoms with E-state index in [9.17, 15) is 9.59 Å². The lowest BCUT2D eigenvalue weighted by molar-refractivity contribution is 0.103. The van der Waals surface area contributed by atoms with E-state index in [1.54, 1.807) is 24.4 Å². The highest BCUT2D eigenvalue weighted by molar-refractivity contribution is 6.30. The molecule has 3 heterocycles. The van der Waals surface area contributed by atoms with Gasteiger partial charge in [-0.15, -0.1) is 0 Å². The first-order chi connectivity index (χ1) is 15.6. The fourth-order valence-corrected chi connectivity index (χ4v) is 3.79. The van der Waals surface area contributed by atoms with Gasteiger partial charge in [0.2, 0.25) is 11.6 Å². The van der Waals surface area contributed by atoms with Crippen LogP contribution < -0.4 is 0 Å². The van der Waals surface area contributed by atoms with Gasteiger partial charge in [-0.2, -0.15) is 0 Å². The Balaban J connectivity index is 1.48. The number of imidazole rings is 1. The standard InChI is InChI=1S/C25H17ClN4O2/c26-17-10-8-16(9-11-17)14-30-15-19(18-5-1-2-7-22(18)30)23(31)25-28-13-21(29-25)24(32)20-6-3-4-12-27-20/h1-13,15H,14H2,(H,28,29). The topological polar surface area (TPSA) is 80.6 Å². The van der Waals surface area contributed by atoms with Gasteiger partial charge in [0.15, 0.2) is 5.82 Å². The Morgan fingerprint density at radius 3 is 2.47 bits per heavy atom. The lowest BCUT2D eigenvalue weighted by atomic mass is 10.1. The maximum atomic E-state index is 13.3. The van der Waals surface area contributed by atoms with Crippen LogP contribution in [-0.2, 0) is 6.54 Å². The van der Waals surface area contributed by atoms with Crippen molar-refractivity contribution in [3.63, 3.8) is 0 Å². The van der Waals surface area contributed by atoms with Crippen molar-refractivity contribution in [2.45, 2.75) is 6.54 Å². The van der Waals surface area contributed by atoms with Crippen LogP contribution in [0.3, 0.4) is 0 Å². The summed E-state index contributed by atoms with van der Waals surface area (Å²) in [6, 6.07) is 20.4. The summed E-state index contributed by atoms with van der Waals surface area (Å²) < 4.78 is 2.02. The second-order valence-electron chi connectivity index (χ2n) is 7.33. The van der Waals surface area contributed by atoms with E-state index in [0.29, 0.717) is 17.1 Å². The summed E-state index contributed by atoms with van der Waals surface area (Å²) in [6.07, 6.45) is 4.74. The number of nitrogens with zero attached hydrogens (tertiary/aromatic N) is 3. The molecule has 0 bridgehead atoms. The number of benzene rings is 2. The summed E-state index contributed by atoms with van der Waals surface area (Å²) in [5.74, 6) is -0.489. The Hall–Kier alpha value is -4.03. The highest BCUT2D eigenvalue weighted by Gasteiger charge is 2.21. The molecule has 156 valence electrons. The minimum atomic E-state index is -0.317. The molecule has 0 aliphatic carbocycles. The molecule has 0 aliphatic heterocycles.